The number of thiophene rings is 1. The van der Waals surface area contributed by atoms with Crippen molar-refractivity contribution in [1.82, 2.24) is 9.97 Å². The van der Waals surface area contributed by atoms with Gasteiger partial charge in [0.15, 0.2) is 11.6 Å². The monoisotopic (exact) mass is 286 g/mol. The molecular formula is C9H7BrN2O2S. The Kier molecular flexibility index (Phi) is 2.40. The summed E-state index contributed by atoms with van der Waals surface area (Å²) in [5.41, 5.74) is 0.600. The number of hydrogen-bond donors (Lipinski definition) is 2. The molecule has 2 heterocycles. The van der Waals surface area contributed by atoms with Crippen LogP contribution in [0, 0.1) is 6.92 Å². The van der Waals surface area contributed by atoms with Crippen molar-refractivity contribution in [3.8, 4) is 0 Å². The van der Waals surface area contributed by atoms with E-state index in [0.29, 0.717) is 10.2 Å². The molecule has 0 aromatic carbocycles. The van der Waals surface area contributed by atoms with Crippen LogP contribution in [0.25, 0.3) is 16.0 Å². The molecule has 0 saturated carbocycles. The Morgan fingerprint density at radius 3 is 2.93 bits per heavy atom. The third-order valence-electron chi connectivity index (χ3n) is 2.02. The lowest BCUT2D eigenvalue weighted by molar-refractivity contribution is 0.507. The molecule has 4 nitrogen and oxygen atoms in total. The van der Waals surface area contributed by atoms with Gasteiger partial charge in [-0.3, -0.25) is 4.79 Å². The molecule has 0 bridgehead atoms. The minimum absolute atomic E-state index is 0.112. The summed E-state index contributed by atoms with van der Waals surface area (Å²) >= 11 is 4.70. The number of aliphatic hydroxyl groups is 1. The first kappa shape index (κ1) is 10.4. The number of hydrogen-bond acceptors (Lipinski definition) is 4. The molecule has 2 rings (SSSR count). The van der Waals surface area contributed by atoms with Crippen molar-refractivity contribution in [3.05, 3.63) is 32.1 Å². The van der Waals surface area contributed by atoms with E-state index in [4.69, 9.17) is 5.11 Å². The van der Waals surface area contributed by atoms with Gasteiger partial charge in [0.05, 0.1) is 9.17 Å². The Balaban J connectivity index is 2.90. The molecule has 0 fully saturated rings. The van der Waals surface area contributed by atoms with E-state index in [1.807, 2.05) is 6.92 Å². The average molecular weight is 287 g/mol. The Morgan fingerprint density at radius 2 is 2.33 bits per heavy atom. The van der Waals surface area contributed by atoms with Crippen LogP contribution in [-0.4, -0.2) is 15.1 Å². The molecular weight excluding hydrogens is 280 g/mol. The highest BCUT2D eigenvalue weighted by atomic mass is 79.9. The standard InChI is InChI=1S/C9H7BrN2O2S/c1-3-5-8(14)11-7(4(2)13)12-9(5)15-6(3)10/h13H,2H2,1H3,(H,11,12,14). The molecule has 0 aliphatic heterocycles. The number of H-pyrrole nitrogens is 1. The fourth-order valence-corrected chi connectivity index (χ4v) is 2.82. The lowest BCUT2D eigenvalue weighted by atomic mass is 10.3. The second-order valence-electron chi connectivity index (χ2n) is 3.04. The average Bonchev–Trinajstić information content (AvgIpc) is 2.42. The molecule has 2 N–H and O–H groups in total. The van der Waals surface area contributed by atoms with Crippen LogP contribution in [0.3, 0.4) is 0 Å². The summed E-state index contributed by atoms with van der Waals surface area (Å²) in [4.78, 5) is 18.8. The highest BCUT2D eigenvalue weighted by molar-refractivity contribution is 9.11. The van der Waals surface area contributed by atoms with Crippen LogP contribution in [0.4, 0.5) is 0 Å². The van der Waals surface area contributed by atoms with Crippen LogP contribution in [0.15, 0.2) is 15.2 Å². The molecule has 0 atom stereocenters. The SMILES string of the molecule is C=C(O)c1nc2sc(Br)c(C)c2c(=O)[nH]1. The lowest BCUT2D eigenvalue weighted by Crippen LogP contribution is -2.10. The number of aryl methyl sites for hydroxylation is 1. The predicted molar refractivity (Wildman–Crippen MR) is 64.3 cm³/mol. The summed E-state index contributed by atoms with van der Waals surface area (Å²) in [7, 11) is 0. The van der Waals surface area contributed by atoms with Gasteiger partial charge in [0, 0.05) is 0 Å². The number of aromatic amines is 1. The van der Waals surface area contributed by atoms with Gasteiger partial charge in [-0.2, -0.15) is 0 Å². The molecule has 0 unspecified atom stereocenters. The van der Waals surface area contributed by atoms with Gasteiger partial charge in [-0.25, -0.2) is 4.98 Å². The summed E-state index contributed by atoms with van der Waals surface area (Å²) in [5.74, 6) is -0.127. The van der Waals surface area contributed by atoms with Gasteiger partial charge in [-0.15, -0.1) is 11.3 Å². The van der Waals surface area contributed by atoms with Gasteiger partial charge in [0.1, 0.15) is 4.83 Å². The zero-order chi connectivity index (χ0) is 11.2. The van der Waals surface area contributed by atoms with Crippen LogP contribution >= 0.6 is 27.3 Å². The molecule has 15 heavy (non-hydrogen) atoms. The summed E-state index contributed by atoms with van der Waals surface area (Å²) in [5, 5.41) is 9.70. The lowest BCUT2D eigenvalue weighted by Gasteiger charge is -1.97. The normalized spacial score (nSPS) is 10.8. The van der Waals surface area contributed by atoms with Gasteiger partial charge in [0.25, 0.3) is 5.56 Å². The largest absolute Gasteiger partial charge is 0.505 e. The Bertz CT molecular complexity index is 614. The molecule has 6 heteroatoms. The highest BCUT2D eigenvalue weighted by Gasteiger charge is 2.13. The first-order chi connectivity index (χ1) is 7.00. The third kappa shape index (κ3) is 1.59. The van der Waals surface area contributed by atoms with E-state index < -0.39 is 0 Å². The van der Waals surface area contributed by atoms with Crippen LogP contribution in [0.5, 0.6) is 0 Å². The van der Waals surface area contributed by atoms with Crippen molar-refractivity contribution < 1.29 is 5.11 Å². The summed E-state index contributed by atoms with van der Waals surface area (Å²) < 4.78 is 0.871. The van der Waals surface area contributed by atoms with Gasteiger partial charge in [0.2, 0.25) is 0 Å². The topological polar surface area (TPSA) is 66.0 Å². The number of nitrogens with zero attached hydrogens (tertiary/aromatic N) is 1. The van der Waals surface area contributed by atoms with Crippen LogP contribution in [0.1, 0.15) is 11.4 Å². The van der Waals surface area contributed by atoms with Crippen LogP contribution in [-0.2, 0) is 0 Å². The van der Waals surface area contributed by atoms with Crippen molar-refractivity contribution in [3.63, 3.8) is 0 Å². The Morgan fingerprint density at radius 1 is 1.67 bits per heavy atom. The smallest absolute Gasteiger partial charge is 0.260 e. The highest BCUT2D eigenvalue weighted by Crippen LogP contribution is 2.31. The zero-order valence-corrected chi connectivity index (χ0v) is 10.2. The third-order valence-corrected chi connectivity index (χ3v) is 4.07. The molecule has 0 saturated heterocycles. The van der Waals surface area contributed by atoms with E-state index in [1.54, 1.807) is 0 Å². The van der Waals surface area contributed by atoms with Crippen molar-refractivity contribution >= 4 is 43.2 Å². The van der Waals surface area contributed by atoms with Crippen LogP contribution < -0.4 is 5.56 Å². The van der Waals surface area contributed by atoms with E-state index in [0.717, 1.165) is 9.35 Å². The molecule has 0 aliphatic rings. The summed E-state index contributed by atoms with van der Waals surface area (Å²) in [6.07, 6.45) is 0. The van der Waals surface area contributed by atoms with E-state index in [2.05, 4.69) is 32.5 Å². The fourth-order valence-electron chi connectivity index (χ4n) is 1.25. The predicted octanol–water partition coefficient (Wildman–Crippen LogP) is 2.58. The van der Waals surface area contributed by atoms with Crippen molar-refractivity contribution in [2.45, 2.75) is 6.92 Å². The minimum atomic E-state index is -0.260. The molecule has 2 aromatic heterocycles. The summed E-state index contributed by atoms with van der Waals surface area (Å²) in [6, 6.07) is 0. The first-order valence-electron chi connectivity index (χ1n) is 4.08. The zero-order valence-electron chi connectivity index (χ0n) is 7.80. The summed E-state index contributed by atoms with van der Waals surface area (Å²) in [6.45, 7) is 5.16. The fraction of sp³-hybridized carbons (Fsp3) is 0.111. The maximum Gasteiger partial charge on any atom is 0.260 e. The van der Waals surface area contributed by atoms with Crippen molar-refractivity contribution in [2.24, 2.45) is 0 Å². The van der Waals surface area contributed by atoms with Crippen molar-refractivity contribution in [1.29, 1.82) is 0 Å². The van der Waals surface area contributed by atoms with E-state index in [9.17, 15) is 4.79 Å². The molecule has 0 aliphatic carbocycles. The van der Waals surface area contributed by atoms with Gasteiger partial charge in [-0.05, 0) is 28.4 Å². The quantitative estimate of drug-likeness (QED) is 0.792. The second-order valence-corrected chi connectivity index (χ2v) is 5.36. The molecule has 2 aromatic rings. The minimum Gasteiger partial charge on any atom is -0.505 e. The first-order valence-corrected chi connectivity index (χ1v) is 5.69. The Labute approximate surface area is 97.4 Å². The van der Waals surface area contributed by atoms with E-state index >= 15 is 0 Å². The number of nitrogens with one attached hydrogen (secondary N) is 1. The van der Waals surface area contributed by atoms with Crippen LogP contribution in [0.2, 0.25) is 0 Å². The number of aromatic nitrogens is 2. The molecule has 78 valence electrons. The number of aliphatic hydroxyl groups excluding tert-OH is 1. The van der Waals surface area contributed by atoms with Gasteiger partial charge >= 0.3 is 0 Å². The van der Waals surface area contributed by atoms with Crippen molar-refractivity contribution in [2.75, 3.05) is 0 Å². The molecule has 0 spiro atoms. The Hall–Kier alpha value is -1.14. The second kappa shape index (κ2) is 3.46. The maximum absolute atomic E-state index is 11.7. The molecule has 0 radical (unpaired) electrons. The van der Waals surface area contributed by atoms with E-state index in [1.165, 1.54) is 11.3 Å². The van der Waals surface area contributed by atoms with Gasteiger partial charge < -0.3 is 10.1 Å². The van der Waals surface area contributed by atoms with E-state index in [-0.39, 0.29) is 17.1 Å². The van der Waals surface area contributed by atoms with Gasteiger partial charge in [-0.1, -0.05) is 6.58 Å². The number of fused-ring (bicyclic) bond motifs is 1. The maximum atomic E-state index is 11.7. The number of rotatable bonds is 1. The molecule has 0 amide bonds. The number of halogens is 1.